The van der Waals surface area contributed by atoms with Crippen molar-refractivity contribution < 1.29 is 14.3 Å². The molecule has 14 heavy (non-hydrogen) atoms. The van der Waals surface area contributed by atoms with Gasteiger partial charge in [-0.1, -0.05) is 0 Å². The van der Waals surface area contributed by atoms with Crippen LogP contribution < -0.4 is 0 Å². The zero-order valence-electron chi connectivity index (χ0n) is 7.93. The van der Waals surface area contributed by atoms with Crippen LogP contribution in [0.2, 0.25) is 0 Å². The summed E-state index contributed by atoms with van der Waals surface area (Å²) in [6.45, 7) is 1.53. The summed E-state index contributed by atoms with van der Waals surface area (Å²) in [7, 11) is 0. The molecule has 1 aliphatic rings. The summed E-state index contributed by atoms with van der Waals surface area (Å²) < 4.78 is 13.3. The summed E-state index contributed by atoms with van der Waals surface area (Å²) in [5, 5.41) is 8.99. The van der Waals surface area contributed by atoms with Crippen molar-refractivity contribution in [1.82, 2.24) is 0 Å². The van der Waals surface area contributed by atoms with Gasteiger partial charge in [0.15, 0.2) is 0 Å². The minimum absolute atomic E-state index is 0.178. The number of carboxylic acids is 1. The van der Waals surface area contributed by atoms with E-state index in [9.17, 15) is 9.18 Å². The second kappa shape index (κ2) is 3.08. The molecule has 1 aromatic rings. The lowest BCUT2D eigenvalue weighted by Gasteiger charge is -2.08. The maximum Gasteiger partial charge on any atom is 0.336 e. The predicted octanol–water partition coefficient (Wildman–Crippen LogP) is 2.32. The van der Waals surface area contributed by atoms with Crippen LogP contribution in [0.15, 0.2) is 6.07 Å². The Labute approximate surface area is 81.4 Å². The SMILES string of the molecule is Cc1c(F)cc2c(c1C(=O)O)CCC2. The summed E-state index contributed by atoms with van der Waals surface area (Å²) in [6, 6.07) is 1.48. The lowest BCUT2D eigenvalue weighted by Crippen LogP contribution is -2.07. The second-order valence-electron chi connectivity index (χ2n) is 3.65. The third-order valence-electron chi connectivity index (χ3n) is 2.81. The first-order chi connectivity index (χ1) is 6.61. The van der Waals surface area contributed by atoms with Gasteiger partial charge in [-0.15, -0.1) is 0 Å². The van der Waals surface area contributed by atoms with Gasteiger partial charge >= 0.3 is 5.97 Å². The van der Waals surface area contributed by atoms with Gasteiger partial charge in [0.05, 0.1) is 5.56 Å². The van der Waals surface area contributed by atoms with E-state index in [0.717, 1.165) is 30.4 Å². The van der Waals surface area contributed by atoms with E-state index in [1.807, 2.05) is 0 Å². The summed E-state index contributed by atoms with van der Waals surface area (Å²) >= 11 is 0. The minimum Gasteiger partial charge on any atom is -0.478 e. The quantitative estimate of drug-likeness (QED) is 0.744. The van der Waals surface area contributed by atoms with Crippen molar-refractivity contribution in [3.05, 3.63) is 34.1 Å². The molecular formula is C11H11FO2. The van der Waals surface area contributed by atoms with E-state index in [0.29, 0.717) is 0 Å². The first-order valence-corrected chi connectivity index (χ1v) is 4.65. The molecular weight excluding hydrogens is 183 g/mol. The number of carboxylic acid groups (broad SMARTS) is 1. The molecule has 1 N–H and O–H groups in total. The highest BCUT2D eigenvalue weighted by molar-refractivity contribution is 5.91. The van der Waals surface area contributed by atoms with Gasteiger partial charge in [-0.25, -0.2) is 9.18 Å². The number of carbonyl (C=O) groups is 1. The molecule has 0 bridgehead atoms. The summed E-state index contributed by atoms with van der Waals surface area (Å²) in [4.78, 5) is 11.0. The zero-order valence-corrected chi connectivity index (χ0v) is 7.93. The van der Waals surface area contributed by atoms with E-state index in [2.05, 4.69) is 0 Å². The number of halogens is 1. The van der Waals surface area contributed by atoms with Gasteiger partial charge < -0.3 is 5.11 Å². The molecule has 0 spiro atoms. The maximum atomic E-state index is 13.3. The summed E-state index contributed by atoms with van der Waals surface area (Å²) in [5.74, 6) is -1.41. The van der Waals surface area contributed by atoms with E-state index in [4.69, 9.17) is 5.11 Å². The van der Waals surface area contributed by atoms with E-state index < -0.39 is 11.8 Å². The van der Waals surface area contributed by atoms with Gasteiger partial charge in [0, 0.05) is 0 Å². The molecule has 1 aliphatic carbocycles. The number of aryl methyl sites for hydroxylation is 1. The van der Waals surface area contributed by atoms with Crippen LogP contribution in [-0.4, -0.2) is 11.1 Å². The summed E-state index contributed by atoms with van der Waals surface area (Å²) in [6.07, 6.45) is 2.49. The molecule has 1 aromatic carbocycles. The maximum absolute atomic E-state index is 13.3. The van der Waals surface area contributed by atoms with Gasteiger partial charge in [0.25, 0.3) is 0 Å². The summed E-state index contributed by atoms with van der Waals surface area (Å²) in [5.41, 5.74) is 2.14. The standard InChI is InChI=1S/C11H11FO2/c1-6-9(12)5-7-3-2-4-8(7)10(6)11(13)14/h5H,2-4H2,1H3,(H,13,14). The molecule has 0 heterocycles. The van der Waals surface area contributed by atoms with Crippen LogP contribution in [0.1, 0.15) is 33.5 Å². The largest absolute Gasteiger partial charge is 0.478 e. The molecule has 0 amide bonds. The normalized spacial score (nSPS) is 14.1. The second-order valence-corrected chi connectivity index (χ2v) is 3.65. The number of benzene rings is 1. The third-order valence-corrected chi connectivity index (χ3v) is 2.81. The zero-order chi connectivity index (χ0) is 10.3. The van der Waals surface area contributed by atoms with Crippen LogP contribution >= 0.6 is 0 Å². The highest BCUT2D eigenvalue weighted by atomic mass is 19.1. The van der Waals surface area contributed by atoms with E-state index in [-0.39, 0.29) is 11.1 Å². The minimum atomic E-state index is -1.01. The van der Waals surface area contributed by atoms with Crippen molar-refractivity contribution in [2.45, 2.75) is 26.2 Å². The Morgan fingerprint density at radius 2 is 2.21 bits per heavy atom. The number of hydrogen-bond acceptors (Lipinski definition) is 1. The molecule has 0 atom stereocenters. The van der Waals surface area contributed by atoms with E-state index >= 15 is 0 Å². The number of hydrogen-bond donors (Lipinski definition) is 1. The van der Waals surface area contributed by atoms with Crippen LogP contribution in [-0.2, 0) is 12.8 Å². The Kier molecular flexibility index (Phi) is 2.02. The van der Waals surface area contributed by atoms with Crippen molar-refractivity contribution >= 4 is 5.97 Å². The Morgan fingerprint density at radius 1 is 1.50 bits per heavy atom. The van der Waals surface area contributed by atoms with Crippen LogP contribution in [0.4, 0.5) is 4.39 Å². The van der Waals surface area contributed by atoms with Crippen LogP contribution in [0, 0.1) is 12.7 Å². The van der Waals surface area contributed by atoms with E-state index in [1.54, 1.807) is 0 Å². The Morgan fingerprint density at radius 3 is 2.86 bits per heavy atom. The van der Waals surface area contributed by atoms with Gasteiger partial charge in [0.2, 0.25) is 0 Å². The average Bonchev–Trinajstić information content (AvgIpc) is 2.52. The smallest absolute Gasteiger partial charge is 0.336 e. The molecule has 74 valence electrons. The first kappa shape index (κ1) is 9.19. The Hall–Kier alpha value is -1.38. The molecule has 3 heteroatoms. The molecule has 2 rings (SSSR count). The third kappa shape index (κ3) is 1.20. The molecule has 0 unspecified atom stereocenters. The van der Waals surface area contributed by atoms with Crippen LogP contribution in [0.25, 0.3) is 0 Å². The average molecular weight is 194 g/mol. The molecule has 0 aromatic heterocycles. The van der Waals surface area contributed by atoms with Crippen molar-refractivity contribution in [3.63, 3.8) is 0 Å². The van der Waals surface area contributed by atoms with Gasteiger partial charge in [-0.2, -0.15) is 0 Å². The fourth-order valence-corrected chi connectivity index (χ4v) is 2.11. The monoisotopic (exact) mass is 194 g/mol. The van der Waals surface area contributed by atoms with Crippen molar-refractivity contribution in [1.29, 1.82) is 0 Å². The first-order valence-electron chi connectivity index (χ1n) is 4.65. The highest BCUT2D eigenvalue weighted by Gasteiger charge is 2.23. The predicted molar refractivity (Wildman–Crippen MR) is 50.1 cm³/mol. The van der Waals surface area contributed by atoms with Crippen molar-refractivity contribution in [2.75, 3.05) is 0 Å². The molecule has 0 radical (unpaired) electrons. The fraction of sp³-hybridized carbons (Fsp3) is 0.364. The van der Waals surface area contributed by atoms with Gasteiger partial charge in [-0.05, 0) is 48.9 Å². The van der Waals surface area contributed by atoms with Gasteiger partial charge in [0.1, 0.15) is 5.82 Å². The molecule has 0 saturated heterocycles. The van der Waals surface area contributed by atoms with Crippen LogP contribution in [0.3, 0.4) is 0 Å². The van der Waals surface area contributed by atoms with Crippen molar-refractivity contribution in [3.8, 4) is 0 Å². The lowest BCUT2D eigenvalue weighted by molar-refractivity contribution is 0.0694. The highest BCUT2D eigenvalue weighted by Crippen LogP contribution is 2.29. The number of aromatic carboxylic acids is 1. The molecule has 0 saturated carbocycles. The molecule has 2 nitrogen and oxygen atoms in total. The van der Waals surface area contributed by atoms with Crippen molar-refractivity contribution in [2.24, 2.45) is 0 Å². The fourth-order valence-electron chi connectivity index (χ4n) is 2.11. The van der Waals surface area contributed by atoms with E-state index in [1.165, 1.54) is 13.0 Å². The topological polar surface area (TPSA) is 37.3 Å². The molecule has 0 aliphatic heterocycles. The Balaban J connectivity index is 2.72. The molecule has 0 fully saturated rings. The number of rotatable bonds is 1. The van der Waals surface area contributed by atoms with Crippen LogP contribution in [0.5, 0.6) is 0 Å². The lowest BCUT2D eigenvalue weighted by atomic mass is 9.98. The van der Waals surface area contributed by atoms with Gasteiger partial charge in [-0.3, -0.25) is 0 Å². The number of fused-ring (bicyclic) bond motifs is 1. The Bertz CT molecular complexity index is 410.